The average Bonchev–Trinajstić information content (AvgIpc) is 3.37. The Morgan fingerprint density at radius 2 is 0.712 bits per heavy atom. The molecule has 2 N–H and O–H groups in total. The molecule has 11 heteroatoms. The summed E-state index contributed by atoms with van der Waals surface area (Å²) in [5.74, 6) is -0.543. The number of aliphatic hydroxyl groups excluding tert-OH is 2. The topological polar surface area (TPSA) is 124 Å². The Morgan fingerprint density at radius 3 is 1.14 bits per heavy atom. The standard InChI is InChI=1S/C55H60O11/c56-31-46-47(38-58-32-40-19-7-1-8-20-40)66-55(53(63-37-45-29-17-6-18-30-45)49(46)59-33-41-21-9-2-10-22-41)64-39-48-50(60-34-42-23-11-3-12-24-42)51(61-35-43-25-13-4-14-26-43)52(54(57)65-48)62-36-44-27-15-5-16-28-44/h1-30,46-57H,31-39H2/t46-,47-,48-,49+,50-,51+,52-,53-,54+,55-/m1/s1. The van der Waals surface area contributed by atoms with E-state index in [0.717, 1.165) is 33.4 Å². The third-order valence-electron chi connectivity index (χ3n) is 11.9. The minimum Gasteiger partial charge on any atom is -0.396 e. The van der Waals surface area contributed by atoms with Crippen LogP contribution in [-0.4, -0.2) is 85.3 Å². The van der Waals surface area contributed by atoms with Gasteiger partial charge in [-0.3, -0.25) is 0 Å². The van der Waals surface area contributed by atoms with Crippen molar-refractivity contribution < 1.29 is 52.8 Å². The zero-order valence-corrected chi connectivity index (χ0v) is 37.0. The van der Waals surface area contributed by atoms with Gasteiger partial charge in [-0.1, -0.05) is 182 Å². The number of aliphatic hydroxyl groups is 2. The maximum Gasteiger partial charge on any atom is 0.186 e. The van der Waals surface area contributed by atoms with Gasteiger partial charge < -0.3 is 52.8 Å². The molecule has 0 aliphatic carbocycles. The van der Waals surface area contributed by atoms with E-state index in [2.05, 4.69) is 0 Å². The molecule has 0 saturated carbocycles. The first-order chi connectivity index (χ1) is 32.6. The molecule has 0 unspecified atom stereocenters. The predicted molar refractivity (Wildman–Crippen MR) is 247 cm³/mol. The Labute approximate surface area is 387 Å². The highest BCUT2D eigenvalue weighted by atomic mass is 16.7. The summed E-state index contributed by atoms with van der Waals surface area (Å²) in [6.45, 7) is 1.30. The second kappa shape index (κ2) is 25.1. The lowest BCUT2D eigenvalue weighted by Gasteiger charge is -2.47. The lowest BCUT2D eigenvalue weighted by atomic mass is 9.89. The molecule has 0 aromatic heterocycles. The van der Waals surface area contributed by atoms with E-state index in [-0.39, 0.29) is 52.9 Å². The minimum absolute atomic E-state index is 0.101. The van der Waals surface area contributed by atoms with Crippen LogP contribution >= 0.6 is 0 Å². The molecule has 0 amide bonds. The van der Waals surface area contributed by atoms with Gasteiger partial charge in [-0.2, -0.15) is 0 Å². The number of ether oxygens (including phenoxy) is 9. The van der Waals surface area contributed by atoms with E-state index >= 15 is 0 Å². The largest absolute Gasteiger partial charge is 0.396 e. The second-order valence-corrected chi connectivity index (χ2v) is 16.6. The molecular formula is C55H60O11. The molecule has 66 heavy (non-hydrogen) atoms. The van der Waals surface area contributed by atoms with E-state index in [4.69, 9.17) is 42.6 Å². The summed E-state index contributed by atoms with van der Waals surface area (Å²) in [7, 11) is 0. The maximum absolute atomic E-state index is 11.8. The third kappa shape index (κ3) is 13.5. The third-order valence-corrected chi connectivity index (χ3v) is 11.9. The van der Waals surface area contributed by atoms with Crippen molar-refractivity contribution in [2.24, 2.45) is 5.92 Å². The number of hydrogen-bond acceptors (Lipinski definition) is 11. The summed E-state index contributed by atoms with van der Waals surface area (Å²) in [5.41, 5.74) is 5.74. The molecule has 10 atom stereocenters. The lowest BCUT2D eigenvalue weighted by Crippen LogP contribution is -2.62. The van der Waals surface area contributed by atoms with E-state index in [1.54, 1.807) is 0 Å². The van der Waals surface area contributed by atoms with E-state index in [1.165, 1.54) is 0 Å². The van der Waals surface area contributed by atoms with E-state index < -0.39 is 61.2 Å². The van der Waals surface area contributed by atoms with Crippen LogP contribution in [-0.2, 0) is 82.3 Å². The molecule has 6 aromatic rings. The van der Waals surface area contributed by atoms with Crippen molar-refractivity contribution in [3.05, 3.63) is 215 Å². The Balaban J connectivity index is 1.09. The summed E-state index contributed by atoms with van der Waals surface area (Å²) >= 11 is 0. The van der Waals surface area contributed by atoms with Crippen molar-refractivity contribution in [1.29, 1.82) is 0 Å². The number of rotatable bonds is 23. The molecule has 0 bridgehead atoms. The highest BCUT2D eigenvalue weighted by Gasteiger charge is 2.51. The van der Waals surface area contributed by atoms with Crippen molar-refractivity contribution >= 4 is 0 Å². The van der Waals surface area contributed by atoms with Crippen LogP contribution in [0.4, 0.5) is 0 Å². The minimum atomic E-state index is -1.41. The van der Waals surface area contributed by atoms with Crippen LogP contribution < -0.4 is 0 Å². The molecule has 2 heterocycles. The maximum atomic E-state index is 11.8. The Hall–Kier alpha value is -5.12. The van der Waals surface area contributed by atoms with Gasteiger partial charge in [0.1, 0.15) is 30.5 Å². The molecule has 6 aromatic carbocycles. The molecule has 2 aliphatic heterocycles. The first kappa shape index (κ1) is 47.4. The van der Waals surface area contributed by atoms with Crippen molar-refractivity contribution in [3.63, 3.8) is 0 Å². The molecule has 2 saturated heterocycles. The smallest absolute Gasteiger partial charge is 0.186 e. The SMILES string of the molecule is OC[C@H]1[C@H](OCc2ccccc2)[C@@H](OCc2ccccc2)[C@H](OC[C@H]2O[C@H](O)[C@H](OCc3ccccc3)[C@@H](OCc3ccccc3)[C@@H]2OCc2ccccc2)O[C@@H]1COCc1ccccc1. The van der Waals surface area contributed by atoms with Gasteiger partial charge in [-0.05, 0) is 33.4 Å². The van der Waals surface area contributed by atoms with Gasteiger partial charge in [0.25, 0.3) is 0 Å². The van der Waals surface area contributed by atoms with Gasteiger partial charge in [-0.15, -0.1) is 0 Å². The van der Waals surface area contributed by atoms with Crippen LogP contribution in [0.25, 0.3) is 0 Å². The highest BCUT2D eigenvalue weighted by molar-refractivity contribution is 5.18. The van der Waals surface area contributed by atoms with Crippen LogP contribution in [0.3, 0.4) is 0 Å². The lowest BCUT2D eigenvalue weighted by molar-refractivity contribution is -0.343. The van der Waals surface area contributed by atoms with Crippen LogP contribution in [0, 0.1) is 5.92 Å². The Kier molecular flexibility index (Phi) is 18.0. The molecule has 11 nitrogen and oxygen atoms in total. The summed E-state index contributed by atoms with van der Waals surface area (Å²) in [6, 6.07) is 59.1. The first-order valence-corrected chi connectivity index (χ1v) is 22.7. The normalized spacial score (nSPS) is 25.4. The van der Waals surface area contributed by atoms with Crippen molar-refractivity contribution in [2.45, 2.75) is 94.9 Å². The van der Waals surface area contributed by atoms with E-state index in [1.807, 2.05) is 182 Å². The zero-order valence-electron chi connectivity index (χ0n) is 37.0. The van der Waals surface area contributed by atoms with Crippen LogP contribution in [0.2, 0.25) is 0 Å². The van der Waals surface area contributed by atoms with Crippen molar-refractivity contribution in [2.75, 3.05) is 19.8 Å². The van der Waals surface area contributed by atoms with Gasteiger partial charge in [0, 0.05) is 5.92 Å². The predicted octanol–water partition coefficient (Wildman–Crippen LogP) is 8.20. The summed E-state index contributed by atoms with van der Waals surface area (Å²) in [5, 5.41) is 22.9. The van der Waals surface area contributed by atoms with Gasteiger partial charge in [0.05, 0.1) is 71.7 Å². The Morgan fingerprint density at radius 1 is 0.348 bits per heavy atom. The summed E-state index contributed by atoms with van der Waals surface area (Å²) in [4.78, 5) is 0. The Bertz CT molecular complexity index is 2220. The fourth-order valence-electron chi connectivity index (χ4n) is 8.36. The average molecular weight is 897 g/mol. The van der Waals surface area contributed by atoms with Gasteiger partial charge >= 0.3 is 0 Å². The molecule has 0 radical (unpaired) electrons. The summed E-state index contributed by atoms with van der Waals surface area (Å²) < 4.78 is 59.8. The summed E-state index contributed by atoms with van der Waals surface area (Å²) in [6.07, 6.45) is -7.98. The fourth-order valence-corrected chi connectivity index (χ4v) is 8.36. The highest BCUT2D eigenvalue weighted by Crippen LogP contribution is 2.35. The first-order valence-electron chi connectivity index (χ1n) is 22.7. The van der Waals surface area contributed by atoms with Gasteiger partial charge in [0.15, 0.2) is 12.6 Å². The van der Waals surface area contributed by atoms with Crippen LogP contribution in [0.1, 0.15) is 33.4 Å². The van der Waals surface area contributed by atoms with Crippen LogP contribution in [0.15, 0.2) is 182 Å². The molecule has 8 rings (SSSR count). The van der Waals surface area contributed by atoms with Crippen molar-refractivity contribution in [1.82, 2.24) is 0 Å². The van der Waals surface area contributed by atoms with Gasteiger partial charge in [-0.25, -0.2) is 0 Å². The van der Waals surface area contributed by atoms with Crippen molar-refractivity contribution in [3.8, 4) is 0 Å². The number of benzene rings is 6. The van der Waals surface area contributed by atoms with E-state index in [0.29, 0.717) is 6.61 Å². The zero-order chi connectivity index (χ0) is 45.2. The second-order valence-electron chi connectivity index (χ2n) is 16.6. The fraction of sp³-hybridized carbons (Fsp3) is 0.345. The van der Waals surface area contributed by atoms with E-state index in [9.17, 15) is 10.2 Å². The number of hydrogen-bond donors (Lipinski definition) is 2. The molecule has 346 valence electrons. The molecular weight excluding hydrogens is 837 g/mol. The molecule has 2 aliphatic rings. The van der Waals surface area contributed by atoms with Crippen LogP contribution in [0.5, 0.6) is 0 Å². The monoisotopic (exact) mass is 896 g/mol. The molecule has 2 fully saturated rings. The quantitative estimate of drug-likeness (QED) is 0.0648. The van der Waals surface area contributed by atoms with Gasteiger partial charge in [0.2, 0.25) is 0 Å². The molecule has 0 spiro atoms.